The molecule has 0 unspecified atom stereocenters. The Kier molecular flexibility index (Phi) is 5.67. The van der Waals surface area contributed by atoms with E-state index < -0.39 is 0 Å². The Hall–Kier alpha value is -3.45. The number of amides is 2. The van der Waals surface area contributed by atoms with Gasteiger partial charge < -0.3 is 20.1 Å². The number of nitrogens with one attached hydrogen (secondary N) is 2. The summed E-state index contributed by atoms with van der Waals surface area (Å²) in [6.45, 7) is 0.169. The van der Waals surface area contributed by atoms with Crippen LogP contribution in [-0.4, -0.2) is 24.4 Å². The van der Waals surface area contributed by atoms with E-state index >= 15 is 0 Å². The van der Waals surface area contributed by atoms with Crippen LogP contribution in [0.2, 0.25) is 0 Å². The third-order valence-electron chi connectivity index (χ3n) is 4.19. The molecule has 0 aliphatic carbocycles. The molecule has 3 aromatic rings. The first-order chi connectivity index (χ1) is 14.2. The Morgan fingerprint density at radius 2 is 1.62 bits per heavy atom. The van der Waals surface area contributed by atoms with E-state index in [0.29, 0.717) is 28.4 Å². The lowest BCUT2D eigenvalue weighted by Crippen LogP contribution is -2.19. The molecule has 0 saturated heterocycles. The molecule has 0 fully saturated rings. The van der Waals surface area contributed by atoms with E-state index in [9.17, 15) is 9.59 Å². The molecule has 1 aliphatic rings. The Balaban J connectivity index is 1.42. The number of thioether (sulfide) groups is 1. The zero-order valence-electron chi connectivity index (χ0n) is 15.4. The van der Waals surface area contributed by atoms with Crippen molar-refractivity contribution >= 4 is 35.0 Å². The van der Waals surface area contributed by atoms with Crippen molar-refractivity contribution in [1.29, 1.82) is 0 Å². The molecular formula is C22H18N2O4S. The molecule has 29 heavy (non-hydrogen) atoms. The van der Waals surface area contributed by atoms with E-state index in [1.165, 1.54) is 11.8 Å². The molecule has 4 rings (SSSR count). The van der Waals surface area contributed by atoms with E-state index in [1.54, 1.807) is 42.5 Å². The fourth-order valence-electron chi connectivity index (χ4n) is 2.81. The molecule has 2 amide bonds. The van der Waals surface area contributed by atoms with Crippen LogP contribution >= 0.6 is 11.8 Å². The van der Waals surface area contributed by atoms with Gasteiger partial charge >= 0.3 is 0 Å². The molecule has 146 valence electrons. The second kappa shape index (κ2) is 8.70. The summed E-state index contributed by atoms with van der Waals surface area (Å²) < 4.78 is 10.6. The monoisotopic (exact) mass is 406 g/mol. The summed E-state index contributed by atoms with van der Waals surface area (Å²) in [6, 6.07) is 21.8. The lowest BCUT2D eigenvalue weighted by Gasteiger charge is -2.12. The van der Waals surface area contributed by atoms with Gasteiger partial charge in [0.15, 0.2) is 11.5 Å². The van der Waals surface area contributed by atoms with Gasteiger partial charge in [-0.05, 0) is 36.4 Å². The fraction of sp³-hybridized carbons (Fsp3) is 0.0909. The number of carbonyl (C=O) groups excluding carboxylic acids is 2. The molecule has 1 heterocycles. The number of ether oxygens (including phenoxy) is 2. The molecule has 0 saturated carbocycles. The highest BCUT2D eigenvalue weighted by Crippen LogP contribution is 2.34. The minimum Gasteiger partial charge on any atom is -0.454 e. The van der Waals surface area contributed by atoms with Crippen molar-refractivity contribution in [3.05, 3.63) is 78.4 Å². The van der Waals surface area contributed by atoms with Crippen LogP contribution in [0.5, 0.6) is 11.5 Å². The summed E-state index contributed by atoms with van der Waals surface area (Å²) in [6.07, 6.45) is 0. The standard InChI is InChI=1S/C22H18N2O4S/c25-21(13-29-16-6-2-1-3-7-16)24-18-9-5-4-8-17(18)22(26)23-15-10-11-19-20(12-15)28-14-27-19/h1-12H,13-14H2,(H,23,26)(H,24,25). The first-order valence-corrected chi connectivity index (χ1v) is 9.95. The van der Waals surface area contributed by atoms with Gasteiger partial charge in [0.1, 0.15) is 0 Å². The van der Waals surface area contributed by atoms with Crippen LogP contribution in [0.3, 0.4) is 0 Å². The maximum atomic E-state index is 12.8. The summed E-state index contributed by atoms with van der Waals surface area (Å²) in [7, 11) is 0. The highest BCUT2D eigenvalue weighted by Gasteiger charge is 2.17. The maximum absolute atomic E-state index is 12.8. The SMILES string of the molecule is O=C(CSc1ccccc1)Nc1ccccc1C(=O)Nc1ccc2c(c1)OCO2. The highest BCUT2D eigenvalue weighted by molar-refractivity contribution is 8.00. The van der Waals surface area contributed by atoms with Crippen molar-refractivity contribution in [2.45, 2.75) is 4.90 Å². The molecule has 0 aromatic heterocycles. The van der Waals surface area contributed by atoms with Crippen molar-refractivity contribution < 1.29 is 19.1 Å². The van der Waals surface area contributed by atoms with Crippen molar-refractivity contribution in [1.82, 2.24) is 0 Å². The maximum Gasteiger partial charge on any atom is 0.257 e. The highest BCUT2D eigenvalue weighted by atomic mass is 32.2. The first-order valence-electron chi connectivity index (χ1n) is 8.97. The number of rotatable bonds is 6. The van der Waals surface area contributed by atoms with E-state index in [-0.39, 0.29) is 24.4 Å². The number of carbonyl (C=O) groups is 2. The molecule has 0 bridgehead atoms. The topological polar surface area (TPSA) is 76.7 Å². The fourth-order valence-corrected chi connectivity index (χ4v) is 3.53. The van der Waals surface area contributed by atoms with Crippen LogP contribution < -0.4 is 20.1 Å². The molecular weight excluding hydrogens is 388 g/mol. The molecule has 7 heteroatoms. The van der Waals surface area contributed by atoms with Gasteiger partial charge in [-0.25, -0.2) is 0 Å². The number of hydrogen-bond donors (Lipinski definition) is 2. The molecule has 0 spiro atoms. The predicted molar refractivity (Wildman–Crippen MR) is 113 cm³/mol. The van der Waals surface area contributed by atoms with Gasteiger partial charge in [-0.15, -0.1) is 11.8 Å². The van der Waals surface area contributed by atoms with Crippen LogP contribution in [0.1, 0.15) is 10.4 Å². The Morgan fingerprint density at radius 1 is 0.862 bits per heavy atom. The number of para-hydroxylation sites is 1. The van der Waals surface area contributed by atoms with Crippen LogP contribution in [0.15, 0.2) is 77.7 Å². The summed E-state index contributed by atoms with van der Waals surface area (Å²) >= 11 is 1.44. The van der Waals surface area contributed by atoms with Gasteiger partial charge in [0, 0.05) is 16.6 Å². The molecule has 6 nitrogen and oxygen atoms in total. The average Bonchev–Trinajstić information content (AvgIpc) is 3.21. The summed E-state index contributed by atoms with van der Waals surface area (Å²) in [4.78, 5) is 26.1. The van der Waals surface area contributed by atoms with Crippen LogP contribution in [-0.2, 0) is 4.79 Å². The minimum atomic E-state index is -0.324. The van der Waals surface area contributed by atoms with Gasteiger partial charge in [0.25, 0.3) is 5.91 Å². The van der Waals surface area contributed by atoms with E-state index in [4.69, 9.17) is 9.47 Å². The van der Waals surface area contributed by atoms with Crippen molar-refractivity contribution in [3.8, 4) is 11.5 Å². The minimum absolute atomic E-state index is 0.169. The lowest BCUT2D eigenvalue weighted by molar-refractivity contribution is -0.113. The van der Waals surface area contributed by atoms with Gasteiger partial charge in [0.05, 0.1) is 17.0 Å². The van der Waals surface area contributed by atoms with Crippen molar-refractivity contribution in [2.75, 3.05) is 23.2 Å². The summed E-state index contributed by atoms with van der Waals surface area (Å²) in [5.74, 6) is 0.980. The van der Waals surface area contributed by atoms with E-state index in [1.807, 2.05) is 30.3 Å². The first kappa shape index (κ1) is 18.9. The van der Waals surface area contributed by atoms with Gasteiger partial charge in [-0.1, -0.05) is 30.3 Å². The Morgan fingerprint density at radius 3 is 2.48 bits per heavy atom. The Labute approximate surface area is 172 Å². The largest absolute Gasteiger partial charge is 0.454 e. The summed E-state index contributed by atoms with van der Waals surface area (Å²) in [5.41, 5.74) is 1.42. The third-order valence-corrected chi connectivity index (χ3v) is 5.20. The molecule has 2 N–H and O–H groups in total. The average molecular weight is 406 g/mol. The molecule has 0 radical (unpaired) electrons. The Bertz CT molecular complexity index is 1040. The second-order valence-corrected chi connectivity index (χ2v) is 7.27. The van der Waals surface area contributed by atoms with Gasteiger partial charge in [-0.2, -0.15) is 0 Å². The zero-order valence-corrected chi connectivity index (χ0v) is 16.2. The smallest absolute Gasteiger partial charge is 0.257 e. The van der Waals surface area contributed by atoms with Crippen molar-refractivity contribution in [3.63, 3.8) is 0 Å². The predicted octanol–water partition coefficient (Wildman–Crippen LogP) is 4.40. The van der Waals surface area contributed by atoms with Crippen LogP contribution in [0.4, 0.5) is 11.4 Å². The zero-order chi connectivity index (χ0) is 20.1. The van der Waals surface area contributed by atoms with E-state index in [2.05, 4.69) is 10.6 Å². The van der Waals surface area contributed by atoms with Gasteiger partial charge in [-0.3, -0.25) is 9.59 Å². The van der Waals surface area contributed by atoms with Crippen molar-refractivity contribution in [2.24, 2.45) is 0 Å². The lowest BCUT2D eigenvalue weighted by atomic mass is 10.1. The molecule has 1 aliphatic heterocycles. The molecule has 0 atom stereocenters. The third kappa shape index (κ3) is 4.70. The van der Waals surface area contributed by atoms with Crippen LogP contribution in [0, 0.1) is 0 Å². The van der Waals surface area contributed by atoms with Crippen LogP contribution in [0.25, 0.3) is 0 Å². The quantitative estimate of drug-likeness (QED) is 0.594. The number of benzene rings is 3. The normalized spacial score (nSPS) is 11.7. The summed E-state index contributed by atoms with van der Waals surface area (Å²) in [5, 5.41) is 5.65. The van der Waals surface area contributed by atoms with E-state index in [0.717, 1.165) is 4.90 Å². The number of fused-ring (bicyclic) bond motifs is 1. The molecule has 3 aromatic carbocycles. The number of anilines is 2. The number of hydrogen-bond acceptors (Lipinski definition) is 5. The second-order valence-electron chi connectivity index (χ2n) is 6.22. The van der Waals surface area contributed by atoms with Gasteiger partial charge in [0.2, 0.25) is 12.7 Å².